The van der Waals surface area contributed by atoms with Crippen molar-refractivity contribution < 1.29 is 14.7 Å². The summed E-state index contributed by atoms with van der Waals surface area (Å²) in [5, 5.41) is 9.20. The fourth-order valence-electron chi connectivity index (χ4n) is 2.50. The molecule has 0 radical (unpaired) electrons. The Labute approximate surface area is 109 Å². The number of carbonyl (C=O) groups excluding carboxylic acids is 1. The Kier molecular flexibility index (Phi) is 5.44. The largest absolute Gasteiger partial charge is 0.480 e. The Morgan fingerprint density at radius 1 is 1.11 bits per heavy atom. The highest BCUT2D eigenvalue weighted by molar-refractivity contribution is 5.82. The molecule has 0 aliphatic carbocycles. The highest BCUT2D eigenvalue weighted by Crippen LogP contribution is 2.15. The average molecular weight is 256 g/mol. The summed E-state index contributed by atoms with van der Waals surface area (Å²) < 4.78 is 0. The molecule has 0 aromatic rings. The summed E-state index contributed by atoms with van der Waals surface area (Å²) in [6.45, 7) is 5.14. The van der Waals surface area contributed by atoms with Crippen LogP contribution in [0.3, 0.4) is 0 Å². The van der Waals surface area contributed by atoms with E-state index in [0.29, 0.717) is 0 Å². The summed E-state index contributed by atoms with van der Waals surface area (Å²) in [6.07, 6.45) is 4.33. The molecule has 1 aliphatic heterocycles. The van der Waals surface area contributed by atoms with Gasteiger partial charge in [-0.1, -0.05) is 26.7 Å². The molecule has 5 nitrogen and oxygen atoms in total. The number of likely N-dealkylation sites (tertiary alicyclic amines) is 1. The molecule has 18 heavy (non-hydrogen) atoms. The van der Waals surface area contributed by atoms with Crippen LogP contribution in [0.4, 0.5) is 4.79 Å². The zero-order chi connectivity index (χ0) is 13.7. The Morgan fingerprint density at radius 3 is 2.00 bits per heavy atom. The van der Waals surface area contributed by atoms with Gasteiger partial charge in [-0.15, -0.1) is 0 Å². The van der Waals surface area contributed by atoms with Gasteiger partial charge in [-0.05, 0) is 18.8 Å². The fourth-order valence-corrected chi connectivity index (χ4v) is 2.50. The number of hydrogen-bond acceptors (Lipinski definition) is 2. The lowest BCUT2D eigenvalue weighted by Crippen LogP contribution is -2.51. The number of hydrogen-bond donors (Lipinski definition) is 1. The van der Waals surface area contributed by atoms with E-state index in [-0.39, 0.29) is 11.9 Å². The molecule has 0 unspecified atom stereocenters. The predicted octanol–water partition coefficient (Wildman–Crippen LogP) is 2.02. The first-order valence-corrected chi connectivity index (χ1v) is 6.69. The second kappa shape index (κ2) is 6.61. The minimum atomic E-state index is -0.935. The van der Waals surface area contributed by atoms with Crippen LogP contribution in [0.25, 0.3) is 0 Å². The topological polar surface area (TPSA) is 60.9 Å². The lowest BCUT2D eigenvalue weighted by molar-refractivity contribution is -0.143. The number of amides is 2. The molecular formula is C13H24N2O3. The standard InChI is InChI=1S/C13H24N2O3/c1-10(2)11(12(16)17)14(3)13(18)15-8-6-4-5-7-9-15/h10-11H,4-9H2,1-3H3,(H,16,17)/t11-/m1/s1. The van der Waals surface area contributed by atoms with Crippen molar-refractivity contribution in [2.45, 2.75) is 45.6 Å². The van der Waals surface area contributed by atoms with E-state index in [4.69, 9.17) is 0 Å². The Bertz CT molecular complexity index is 297. The van der Waals surface area contributed by atoms with Gasteiger partial charge < -0.3 is 14.9 Å². The molecule has 0 bridgehead atoms. The van der Waals surface area contributed by atoms with Gasteiger partial charge in [0.25, 0.3) is 0 Å². The SMILES string of the molecule is CC(C)[C@H](C(=O)O)N(C)C(=O)N1CCCCCC1. The third-order valence-electron chi connectivity index (χ3n) is 3.48. The number of carboxylic acids is 1. The van der Waals surface area contributed by atoms with Gasteiger partial charge in [0, 0.05) is 20.1 Å². The highest BCUT2D eigenvalue weighted by Gasteiger charge is 2.31. The number of nitrogens with zero attached hydrogens (tertiary/aromatic N) is 2. The van der Waals surface area contributed by atoms with Crippen molar-refractivity contribution >= 4 is 12.0 Å². The van der Waals surface area contributed by atoms with Crippen LogP contribution in [0.15, 0.2) is 0 Å². The third kappa shape index (κ3) is 3.62. The Morgan fingerprint density at radius 2 is 1.61 bits per heavy atom. The zero-order valence-electron chi connectivity index (χ0n) is 11.6. The van der Waals surface area contributed by atoms with E-state index in [1.165, 1.54) is 4.90 Å². The van der Waals surface area contributed by atoms with E-state index < -0.39 is 12.0 Å². The normalized spacial score (nSPS) is 18.3. The first-order valence-electron chi connectivity index (χ1n) is 6.69. The third-order valence-corrected chi connectivity index (χ3v) is 3.48. The Balaban J connectivity index is 2.71. The summed E-state index contributed by atoms with van der Waals surface area (Å²) in [6, 6.07) is -0.904. The monoisotopic (exact) mass is 256 g/mol. The van der Waals surface area contributed by atoms with E-state index >= 15 is 0 Å². The lowest BCUT2D eigenvalue weighted by atomic mass is 10.0. The lowest BCUT2D eigenvalue weighted by Gasteiger charge is -2.32. The number of rotatable bonds is 3. The molecule has 5 heteroatoms. The molecule has 1 rings (SSSR count). The molecule has 0 aromatic carbocycles. The van der Waals surface area contributed by atoms with Crippen LogP contribution in [-0.4, -0.2) is 53.1 Å². The van der Waals surface area contributed by atoms with Crippen LogP contribution >= 0.6 is 0 Å². The molecule has 1 atom stereocenters. The van der Waals surface area contributed by atoms with Crippen molar-refractivity contribution in [2.24, 2.45) is 5.92 Å². The van der Waals surface area contributed by atoms with E-state index in [1.54, 1.807) is 11.9 Å². The molecule has 0 aromatic heterocycles. The molecule has 0 saturated carbocycles. The van der Waals surface area contributed by atoms with Gasteiger partial charge >= 0.3 is 12.0 Å². The highest BCUT2D eigenvalue weighted by atomic mass is 16.4. The first kappa shape index (κ1) is 14.8. The van der Waals surface area contributed by atoms with Gasteiger partial charge in [0.2, 0.25) is 0 Å². The molecule has 2 amide bonds. The molecule has 1 fully saturated rings. The van der Waals surface area contributed by atoms with E-state index in [1.807, 2.05) is 13.8 Å². The number of aliphatic carboxylic acids is 1. The maximum absolute atomic E-state index is 12.3. The van der Waals surface area contributed by atoms with Crippen molar-refractivity contribution in [1.29, 1.82) is 0 Å². The Hall–Kier alpha value is -1.26. The molecule has 1 aliphatic rings. The first-order chi connectivity index (χ1) is 8.45. The van der Waals surface area contributed by atoms with Crippen LogP contribution in [0.2, 0.25) is 0 Å². The average Bonchev–Trinajstić information content (AvgIpc) is 2.55. The van der Waals surface area contributed by atoms with Crippen molar-refractivity contribution in [1.82, 2.24) is 9.80 Å². The molecule has 0 spiro atoms. The fraction of sp³-hybridized carbons (Fsp3) is 0.846. The predicted molar refractivity (Wildman–Crippen MR) is 69.5 cm³/mol. The van der Waals surface area contributed by atoms with Crippen molar-refractivity contribution in [3.05, 3.63) is 0 Å². The van der Waals surface area contributed by atoms with Crippen molar-refractivity contribution in [3.8, 4) is 0 Å². The van der Waals surface area contributed by atoms with Gasteiger partial charge in [-0.2, -0.15) is 0 Å². The number of carboxylic acid groups (broad SMARTS) is 1. The quantitative estimate of drug-likeness (QED) is 0.840. The zero-order valence-corrected chi connectivity index (χ0v) is 11.6. The van der Waals surface area contributed by atoms with E-state index in [9.17, 15) is 14.7 Å². The minimum absolute atomic E-state index is 0.0940. The molecular weight excluding hydrogens is 232 g/mol. The van der Waals surface area contributed by atoms with Gasteiger partial charge in [0.05, 0.1) is 0 Å². The summed E-state index contributed by atoms with van der Waals surface area (Å²) in [5.74, 6) is -1.03. The second-order valence-corrected chi connectivity index (χ2v) is 5.32. The maximum atomic E-state index is 12.3. The smallest absolute Gasteiger partial charge is 0.326 e. The number of urea groups is 1. The summed E-state index contributed by atoms with van der Waals surface area (Å²) in [5.41, 5.74) is 0. The van der Waals surface area contributed by atoms with Crippen LogP contribution in [0, 0.1) is 5.92 Å². The van der Waals surface area contributed by atoms with Crippen LogP contribution in [0.1, 0.15) is 39.5 Å². The number of carbonyl (C=O) groups is 2. The van der Waals surface area contributed by atoms with Crippen LogP contribution in [-0.2, 0) is 4.79 Å². The van der Waals surface area contributed by atoms with Gasteiger partial charge in [-0.25, -0.2) is 9.59 Å². The second-order valence-electron chi connectivity index (χ2n) is 5.32. The van der Waals surface area contributed by atoms with Gasteiger partial charge in [0.1, 0.15) is 6.04 Å². The number of likely N-dealkylation sites (N-methyl/N-ethyl adjacent to an activating group) is 1. The summed E-state index contributed by atoms with van der Waals surface area (Å²) in [7, 11) is 1.59. The summed E-state index contributed by atoms with van der Waals surface area (Å²) in [4.78, 5) is 26.7. The molecule has 104 valence electrons. The van der Waals surface area contributed by atoms with Gasteiger partial charge in [0.15, 0.2) is 0 Å². The van der Waals surface area contributed by atoms with Gasteiger partial charge in [-0.3, -0.25) is 0 Å². The molecule has 1 saturated heterocycles. The molecule has 1 heterocycles. The summed E-state index contributed by atoms with van der Waals surface area (Å²) >= 11 is 0. The van der Waals surface area contributed by atoms with Crippen molar-refractivity contribution in [2.75, 3.05) is 20.1 Å². The van der Waals surface area contributed by atoms with E-state index in [0.717, 1.165) is 38.8 Å². The van der Waals surface area contributed by atoms with Crippen LogP contribution < -0.4 is 0 Å². The van der Waals surface area contributed by atoms with E-state index in [2.05, 4.69) is 0 Å². The minimum Gasteiger partial charge on any atom is -0.480 e. The van der Waals surface area contributed by atoms with Crippen molar-refractivity contribution in [3.63, 3.8) is 0 Å². The molecule has 1 N–H and O–H groups in total. The van der Waals surface area contributed by atoms with Crippen LogP contribution in [0.5, 0.6) is 0 Å². The maximum Gasteiger partial charge on any atom is 0.326 e.